The van der Waals surface area contributed by atoms with Gasteiger partial charge in [0.05, 0.1) is 12.5 Å². The van der Waals surface area contributed by atoms with Crippen LogP contribution in [0.3, 0.4) is 0 Å². The number of methoxy groups -OCH3 is 1. The minimum Gasteiger partial charge on any atom is -0.497 e. The van der Waals surface area contributed by atoms with Crippen LogP contribution in [0.15, 0.2) is 54.6 Å². The summed E-state index contributed by atoms with van der Waals surface area (Å²) in [5, 5.41) is 2.77. The van der Waals surface area contributed by atoms with E-state index in [0.717, 1.165) is 24.4 Å². The van der Waals surface area contributed by atoms with Gasteiger partial charge in [0.2, 0.25) is 11.8 Å². The first-order chi connectivity index (χ1) is 16.1. The predicted octanol–water partition coefficient (Wildman–Crippen LogP) is 2.20. The highest BCUT2D eigenvalue weighted by molar-refractivity contribution is 5.93. The smallest absolute Gasteiger partial charge is 0.243 e. The van der Waals surface area contributed by atoms with Crippen molar-refractivity contribution in [1.82, 2.24) is 15.1 Å². The van der Waals surface area contributed by atoms with E-state index in [1.807, 2.05) is 42.5 Å². The van der Waals surface area contributed by atoms with Gasteiger partial charge in [0, 0.05) is 46.4 Å². The third kappa shape index (κ3) is 4.89. The molecule has 4 rings (SSSR count). The van der Waals surface area contributed by atoms with Gasteiger partial charge < -0.3 is 19.7 Å². The number of benzene rings is 2. The number of carbonyl (C=O) groups is 2. The van der Waals surface area contributed by atoms with Gasteiger partial charge in [0.1, 0.15) is 11.8 Å². The molecule has 2 saturated heterocycles. The van der Waals surface area contributed by atoms with E-state index in [1.165, 1.54) is 5.56 Å². The van der Waals surface area contributed by atoms with Crippen LogP contribution in [0.1, 0.15) is 24.0 Å². The van der Waals surface area contributed by atoms with Crippen LogP contribution in [0.2, 0.25) is 0 Å². The van der Waals surface area contributed by atoms with Crippen molar-refractivity contribution >= 4 is 11.8 Å². The number of nitrogens with one attached hydrogen (secondary N) is 1. The Kier molecular flexibility index (Phi) is 7.30. The van der Waals surface area contributed by atoms with Crippen molar-refractivity contribution < 1.29 is 19.1 Å². The molecule has 0 unspecified atom stereocenters. The molecule has 2 amide bonds. The molecule has 2 aromatic carbocycles. The van der Waals surface area contributed by atoms with Crippen LogP contribution < -0.4 is 10.1 Å². The molecule has 0 saturated carbocycles. The van der Waals surface area contributed by atoms with Gasteiger partial charge in [-0.15, -0.1) is 0 Å². The number of hydrogen-bond donors (Lipinski definition) is 1. The van der Waals surface area contributed by atoms with Crippen molar-refractivity contribution in [1.29, 1.82) is 0 Å². The Morgan fingerprint density at radius 3 is 2.39 bits per heavy atom. The molecule has 33 heavy (non-hydrogen) atoms. The standard InChI is InChI=1S/C26H33N3O4/c1-27-24(30)23-19-28(18-20-6-4-3-5-7-20)14-15-29(23)25(31)26(12-16-33-17-13-26)21-8-10-22(32-2)11-9-21/h3-11,23H,12-19H2,1-2H3,(H,27,30)/t23-/m0/s1. The number of carbonyl (C=O) groups excluding carboxylic acids is 2. The van der Waals surface area contributed by atoms with Crippen molar-refractivity contribution in [3.8, 4) is 5.75 Å². The van der Waals surface area contributed by atoms with Crippen molar-refractivity contribution in [2.75, 3.05) is 47.0 Å². The fourth-order valence-electron chi connectivity index (χ4n) is 4.99. The zero-order valence-corrected chi connectivity index (χ0v) is 19.5. The molecule has 0 radical (unpaired) electrons. The molecule has 0 bridgehead atoms. The maximum absolute atomic E-state index is 14.2. The fourth-order valence-corrected chi connectivity index (χ4v) is 4.99. The molecule has 2 aliphatic heterocycles. The number of ether oxygens (including phenoxy) is 2. The van der Waals surface area contributed by atoms with E-state index in [1.54, 1.807) is 19.1 Å². The van der Waals surface area contributed by atoms with Gasteiger partial charge in [0.25, 0.3) is 0 Å². The molecule has 2 heterocycles. The minimum absolute atomic E-state index is 0.0175. The Morgan fingerprint density at radius 1 is 1.06 bits per heavy atom. The van der Waals surface area contributed by atoms with Crippen LogP contribution in [0.5, 0.6) is 5.75 Å². The number of hydrogen-bond acceptors (Lipinski definition) is 5. The Labute approximate surface area is 195 Å². The molecule has 7 heteroatoms. The molecule has 0 aliphatic carbocycles. The number of amides is 2. The maximum Gasteiger partial charge on any atom is 0.243 e. The van der Waals surface area contributed by atoms with Crippen molar-refractivity contribution in [2.24, 2.45) is 0 Å². The topological polar surface area (TPSA) is 71.1 Å². The molecule has 176 valence electrons. The van der Waals surface area contributed by atoms with Crippen LogP contribution in [-0.2, 0) is 26.3 Å². The van der Waals surface area contributed by atoms with Gasteiger partial charge in [-0.25, -0.2) is 0 Å². The van der Waals surface area contributed by atoms with Crippen molar-refractivity contribution in [2.45, 2.75) is 30.8 Å². The van der Waals surface area contributed by atoms with E-state index >= 15 is 0 Å². The number of piperazine rings is 1. The first-order valence-electron chi connectivity index (χ1n) is 11.6. The van der Waals surface area contributed by atoms with Gasteiger partial charge in [-0.2, -0.15) is 0 Å². The molecule has 7 nitrogen and oxygen atoms in total. The summed E-state index contributed by atoms with van der Waals surface area (Å²) in [6.07, 6.45) is 1.20. The summed E-state index contributed by atoms with van der Waals surface area (Å²) in [5.74, 6) is 0.646. The third-order valence-corrected chi connectivity index (χ3v) is 6.92. The second kappa shape index (κ2) is 10.4. The molecule has 0 aromatic heterocycles. The zero-order chi connectivity index (χ0) is 23.3. The first-order valence-corrected chi connectivity index (χ1v) is 11.6. The van der Waals surface area contributed by atoms with E-state index in [0.29, 0.717) is 39.1 Å². The van der Waals surface area contributed by atoms with Crippen molar-refractivity contribution in [3.63, 3.8) is 0 Å². The molecule has 1 N–H and O–H groups in total. The molecule has 0 spiro atoms. The minimum atomic E-state index is -0.696. The summed E-state index contributed by atoms with van der Waals surface area (Å²) >= 11 is 0. The summed E-state index contributed by atoms with van der Waals surface area (Å²) < 4.78 is 10.9. The SMILES string of the molecule is CNC(=O)[C@@H]1CN(Cc2ccccc2)CCN1C(=O)C1(c2ccc(OC)cc2)CCOCC1. The van der Waals surface area contributed by atoms with E-state index in [-0.39, 0.29) is 11.8 Å². The quantitative estimate of drug-likeness (QED) is 0.729. The molecular weight excluding hydrogens is 418 g/mol. The van der Waals surface area contributed by atoms with Gasteiger partial charge >= 0.3 is 0 Å². The Balaban J connectivity index is 1.60. The highest BCUT2D eigenvalue weighted by Gasteiger charge is 2.47. The van der Waals surface area contributed by atoms with Crippen LogP contribution >= 0.6 is 0 Å². The Bertz CT molecular complexity index is 942. The van der Waals surface area contributed by atoms with Crippen LogP contribution in [0.25, 0.3) is 0 Å². The number of nitrogens with zero attached hydrogens (tertiary/aromatic N) is 2. The lowest BCUT2D eigenvalue weighted by Gasteiger charge is -2.46. The Morgan fingerprint density at radius 2 is 1.76 bits per heavy atom. The largest absolute Gasteiger partial charge is 0.497 e. The number of likely N-dealkylation sites (N-methyl/N-ethyl adjacent to an activating group) is 1. The Hall–Kier alpha value is -2.90. The van der Waals surface area contributed by atoms with E-state index in [2.05, 4.69) is 22.3 Å². The van der Waals surface area contributed by atoms with Crippen LogP contribution in [0, 0.1) is 0 Å². The summed E-state index contributed by atoms with van der Waals surface area (Å²) in [5.41, 5.74) is 1.46. The normalized spacial score (nSPS) is 20.8. The van der Waals surface area contributed by atoms with E-state index in [9.17, 15) is 9.59 Å². The summed E-state index contributed by atoms with van der Waals surface area (Å²) in [4.78, 5) is 31.1. The monoisotopic (exact) mass is 451 g/mol. The zero-order valence-electron chi connectivity index (χ0n) is 19.5. The molecular formula is C26H33N3O4. The highest BCUT2D eigenvalue weighted by atomic mass is 16.5. The lowest BCUT2D eigenvalue weighted by atomic mass is 9.72. The molecule has 2 aliphatic rings. The average Bonchev–Trinajstić information content (AvgIpc) is 2.89. The van der Waals surface area contributed by atoms with Crippen LogP contribution in [0.4, 0.5) is 0 Å². The summed E-state index contributed by atoms with van der Waals surface area (Å²) in [6.45, 7) is 3.56. The summed E-state index contributed by atoms with van der Waals surface area (Å²) in [7, 11) is 3.27. The van der Waals surface area contributed by atoms with Gasteiger partial charge in [-0.05, 0) is 36.1 Å². The lowest BCUT2D eigenvalue weighted by Crippen LogP contribution is -2.63. The second-order valence-corrected chi connectivity index (χ2v) is 8.77. The maximum atomic E-state index is 14.2. The van der Waals surface area contributed by atoms with E-state index in [4.69, 9.17) is 9.47 Å². The fraction of sp³-hybridized carbons (Fsp3) is 0.462. The second-order valence-electron chi connectivity index (χ2n) is 8.77. The van der Waals surface area contributed by atoms with Gasteiger partial charge in [0.15, 0.2) is 0 Å². The highest BCUT2D eigenvalue weighted by Crippen LogP contribution is 2.38. The molecule has 2 fully saturated rings. The first kappa shape index (κ1) is 23.3. The number of rotatable bonds is 6. The van der Waals surface area contributed by atoms with Crippen molar-refractivity contribution in [3.05, 3.63) is 65.7 Å². The average molecular weight is 452 g/mol. The van der Waals surface area contributed by atoms with E-state index < -0.39 is 11.5 Å². The van der Waals surface area contributed by atoms with Crippen LogP contribution in [-0.4, -0.2) is 74.7 Å². The third-order valence-electron chi connectivity index (χ3n) is 6.92. The molecule has 1 atom stereocenters. The van der Waals surface area contributed by atoms with Gasteiger partial charge in [-0.1, -0.05) is 42.5 Å². The predicted molar refractivity (Wildman–Crippen MR) is 126 cm³/mol. The molecule has 2 aromatic rings. The summed E-state index contributed by atoms with van der Waals surface area (Å²) in [6, 6.07) is 17.4. The lowest BCUT2D eigenvalue weighted by molar-refractivity contribution is -0.151. The van der Waals surface area contributed by atoms with Gasteiger partial charge in [-0.3, -0.25) is 14.5 Å².